The van der Waals surface area contributed by atoms with E-state index in [2.05, 4.69) is 0 Å². The Morgan fingerprint density at radius 3 is 2.27 bits per heavy atom. The average Bonchev–Trinajstić information content (AvgIpc) is 3.02. The zero-order chi connectivity index (χ0) is 10.9. The van der Waals surface area contributed by atoms with E-state index < -0.39 is 9.84 Å². The summed E-state index contributed by atoms with van der Waals surface area (Å²) in [5.41, 5.74) is 6.51. The first-order valence-corrected chi connectivity index (χ1v) is 6.72. The van der Waals surface area contributed by atoms with Crippen molar-refractivity contribution in [3.05, 3.63) is 29.8 Å². The van der Waals surface area contributed by atoms with Crippen molar-refractivity contribution in [2.24, 2.45) is 5.73 Å². The van der Waals surface area contributed by atoms with E-state index in [0.29, 0.717) is 11.4 Å². The predicted octanol–water partition coefficient (Wildman–Crippen LogP) is 1.12. The highest BCUT2D eigenvalue weighted by atomic mass is 32.2. The molecule has 1 aromatic carbocycles. The van der Waals surface area contributed by atoms with Crippen LogP contribution in [-0.4, -0.2) is 20.2 Å². The Labute approximate surface area is 90.2 Å². The molecule has 15 heavy (non-hydrogen) atoms. The second kappa shape index (κ2) is 3.94. The summed E-state index contributed by atoms with van der Waals surface area (Å²) in [6.45, 7) is 0.592. The summed E-state index contributed by atoms with van der Waals surface area (Å²) >= 11 is 0. The Bertz CT molecular complexity index is 432. The van der Waals surface area contributed by atoms with Crippen molar-refractivity contribution in [3.8, 4) is 0 Å². The molecule has 3 nitrogen and oxygen atoms in total. The average molecular weight is 225 g/mol. The lowest BCUT2D eigenvalue weighted by Gasteiger charge is -2.03. The van der Waals surface area contributed by atoms with Gasteiger partial charge in [-0.3, -0.25) is 0 Å². The molecule has 1 fully saturated rings. The summed E-state index contributed by atoms with van der Waals surface area (Å²) < 4.78 is 23.7. The molecule has 0 unspecified atom stereocenters. The monoisotopic (exact) mass is 225 g/mol. The van der Waals surface area contributed by atoms with Gasteiger partial charge in [0.15, 0.2) is 9.84 Å². The normalized spacial score (nSPS) is 16.6. The van der Waals surface area contributed by atoms with Gasteiger partial charge in [0.05, 0.1) is 10.1 Å². The van der Waals surface area contributed by atoms with Crippen molar-refractivity contribution >= 4 is 9.84 Å². The Morgan fingerprint density at radius 2 is 1.80 bits per heavy atom. The van der Waals surface area contributed by atoms with E-state index >= 15 is 0 Å². The third-order valence-corrected chi connectivity index (χ3v) is 4.93. The molecular weight excluding hydrogens is 210 g/mol. The molecule has 1 aliphatic carbocycles. The second-order valence-electron chi connectivity index (χ2n) is 3.93. The molecule has 1 saturated carbocycles. The summed E-state index contributed by atoms with van der Waals surface area (Å²) in [7, 11) is -3.03. The molecular formula is C11H15NO2S. The van der Waals surface area contributed by atoms with Crippen LogP contribution < -0.4 is 5.73 Å². The van der Waals surface area contributed by atoms with Gasteiger partial charge in [0.2, 0.25) is 0 Å². The quantitative estimate of drug-likeness (QED) is 0.835. The lowest BCUT2D eigenvalue weighted by Crippen LogP contribution is -2.07. The van der Waals surface area contributed by atoms with Crippen LogP contribution in [0.2, 0.25) is 0 Å². The number of rotatable bonds is 4. The SMILES string of the molecule is NCCc1ccc(S(=O)(=O)C2CC2)cc1. The maximum atomic E-state index is 11.8. The molecule has 82 valence electrons. The summed E-state index contributed by atoms with van der Waals surface area (Å²) in [5, 5.41) is -0.127. The first kappa shape index (κ1) is 10.6. The van der Waals surface area contributed by atoms with Crippen LogP contribution in [0.15, 0.2) is 29.2 Å². The molecule has 0 heterocycles. The highest BCUT2D eigenvalue weighted by Crippen LogP contribution is 2.33. The molecule has 0 saturated heterocycles. The Hall–Kier alpha value is -0.870. The van der Waals surface area contributed by atoms with Gasteiger partial charge in [0.1, 0.15) is 0 Å². The van der Waals surface area contributed by atoms with E-state index in [-0.39, 0.29) is 5.25 Å². The van der Waals surface area contributed by atoms with Crippen molar-refractivity contribution in [3.63, 3.8) is 0 Å². The van der Waals surface area contributed by atoms with Crippen LogP contribution in [0.1, 0.15) is 18.4 Å². The third-order valence-electron chi connectivity index (χ3n) is 2.65. The minimum Gasteiger partial charge on any atom is -0.330 e. The minimum atomic E-state index is -3.03. The second-order valence-corrected chi connectivity index (χ2v) is 6.16. The van der Waals surface area contributed by atoms with E-state index in [4.69, 9.17) is 5.73 Å². The highest BCUT2D eigenvalue weighted by Gasteiger charge is 2.36. The molecule has 2 rings (SSSR count). The van der Waals surface area contributed by atoms with E-state index in [0.717, 1.165) is 24.8 Å². The number of sulfone groups is 1. The minimum absolute atomic E-state index is 0.127. The lowest BCUT2D eigenvalue weighted by atomic mass is 10.2. The molecule has 1 aromatic rings. The Kier molecular flexibility index (Phi) is 2.80. The third kappa shape index (κ3) is 2.21. The molecule has 0 amide bonds. The predicted molar refractivity (Wildman–Crippen MR) is 59.4 cm³/mol. The molecule has 0 aromatic heterocycles. The van der Waals surface area contributed by atoms with Gasteiger partial charge in [-0.2, -0.15) is 0 Å². The fourth-order valence-electron chi connectivity index (χ4n) is 1.58. The van der Waals surface area contributed by atoms with Crippen molar-refractivity contribution < 1.29 is 8.42 Å². The molecule has 0 aliphatic heterocycles. The zero-order valence-electron chi connectivity index (χ0n) is 8.52. The molecule has 1 aliphatic rings. The lowest BCUT2D eigenvalue weighted by molar-refractivity contribution is 0.595. The largest absolute Gasteiger partial charge is 0.330 e. The first-order chi connectivity index (χ1) is 7.14. The Morgan fingerprint density at radius 1 is 1.20 bits per heavy atom. The summed E-state index contributed by atoms with van der Waals surface area (Å²) in [5.74, 6) is 0. The standard InChI is InChI=1S/C11H15NO2S/c12-8-7-9-1-3-10(4-2-9)15(13,14)11-5-6-11/h1-4,11H,5-8,12H2. The van der Waals surface area contributed by atoms with Crippen LogP contribution in [0.4, 0.5) is 0 Å². The highest BCUT2D eigenvalue weighted by molar-refractivity contribution is 7.92. The zero-order valence-corrected chi connectivity index (χ0v) is 9.33. The van der Waals surface area contributed by atoms with Gasteiger partial charge in [-0.05, 0) is 43.5 Å². The fourth-order valence-corrected chi connectivity index (χ4v) is 3.24. The molecule has 0 atom stereocenters. The van der Waals surface area contributed by atoms with Crippen LogP contribution in [0.25, 0.3) is 0 Å². The topological polar surface area (TPSA) is 60.2 Å². The van der Waals surface area contributed by atoms with E-state index in [1.807, 2.05) is 12.1 Å². The fraction of sp³-hybridized carbons (Fsp3) is 0.455. The first-order valence-electron chi connectivity index (χ1n) is 5.17. The number of hydrogen-bond acceptors (Lipinski definition) is 3. The van der Waals surface area contributed by atoms with Crippen molar-refractivity contribution in [2.45, 2.75) is 29.4 Å². The molecule has 4 heteroatoms. The molecule has 0 spiro atoms. The van der Waals surface area contributed by atoms with Gasteiger partial charge in [-0.25, -0.2) is 8.42 Å². The molecule has 0 radical (unpaired) electrons. The smallest absolute Gasteiger partial charge is 0.181 e. The van der Waals surface area contributed by atoms with Crippen molar-refractivity contribution in [2.75, 3.05) is 6.54 Å². The number of nitrogens with two attached hydrogens (primary N) is 1. The summed E-state index contributed by atoms with van der Waals surface area (Å²) in [6.07, 6.45) is 2.42. The summed E-state index contributed by atoms with van der Waals surface area (Å²) in [6, 6.07) is 7.08. The van der Waals surface area contributed by atoms with Crippen molar-refractivity contribution in [1.82, 2.24) is 0 Å². The van der Waals surface area contributed by atoms with Crippen LogP contribution in [-0.2, 0) is 16.3 Å². The van der Waals surface area contributed by atoms with Crippen molar-refractivity contribution in [1.29, 1.82) is 0 Å². The van der Waals surface area contributed by atoms with E-state index in [1.54, 1.807) is 12.1 Å². The van der Waals surface area contributed by atoms with Crippen LogP contribution in [0.3, 0.4) is 0 Å². The number of hydrogen-bond donors (Lipinski definition) is 1. The van der Waals surface area contributed by atoms with Gasteiger partial charge in [0.25, 0.3) is 0 Å². The maximum absolute atomic E-state index is 11.8. The van der Waals surface area contributed by atoms with Crippen LogP contribution >= 0.6 is 0 Å². The van der Waals surface area contributed by atoms with Gasteiger partial charge < -0.3 is 5.73 Å². The van der Waals surface area contributed by atoms with Gasteiger partial charge in [-0.15, -0.1) is 0 Å². The van der Waals surface area contributed by atoms with E-state index in [1.165, 1.54) is 0 Å². The summed E-state index contributed by atoms with van der Waals surface area (Å²) in [4.78, 5) is 0.450. The van der Waals surface area contributed by atoms with Gasteiger partial charge in [-0.1, -0.05) is 12.1 Å². The van der Waals surface area contributed by atoms with Crippen LogP contribution in [0, 0.1) is 0 Å². The maximum Gasteiger partial charge on any atom is 0.181 e. The number of benzene rings is 1. The van der Waals surface area contributed by atoms with Crippen LogP contribution in [0.5, 0.6) is 0 Å². The molecule has 2 N–H and O–H groups in total. The van der Waals surface area contributed by atoms with E-state index in [9.17, 15) is 8.42 Å². The van der Waals surface area contributed by atoms with Gasteiger partial charge in [0, 0.05) is 0 Å². The Balaban J connectivity index is 2.23. The molecule has 0 bridgehead atoms. The van der Waals surface area contributed by atoms with Gasteiger partial charge >= 0.3 is 0 Å².